The monoisotopic (exact) mass is 150 g/mol. The fraction of sp³-hybridized carbons (Fsp3) is 0.167. The number of hydrogen-bond donors (Lipinski definition) is 1. The maximum absolute atomic E-state index is 8.46. The van der Waals surface area contributed by atoms with E-state index in [1.165, 1.54) is 13.3 Å². The molecular weight excluding hydrogens is 144 g/mol. The van der Waals surface area contributed by atoms with Crippen molar-refractivity contribution in [1.82, 2.24) is 9.97 Å². The van der Waals surface area contributed by atoms with E-state index in [1.807, 2.05) is 6.07 Å². The Kier molecular flexibility index (Phi) is 1.88. The van der Waals surface area contributed by atoms with E-state index in [4.69, 9.17) is 11.0 Å². The standard InChI is InChI=1S/C6H6N4O/c1-11-6-9-3-4(8)5(2-7)10-6/h3H,8H2,1H3. The minimum atomic E-state index is 0.136. The molecule has 0 aliphatic carbocycles. The molecule has 0 fully saturated rings. The van der Waals surface area contributed by atoms with Gasteiger partial charge in [-0.1, -0.05) is 0 Å². The van der Waals surface area contributed by atoms with Crippen molar-refractivity contribution in [3.8, 4) is 12.1 Å². The van der Waals surface area contributed by atoms with Gasteiger partial charge in [-0.25, -0.2) is 4.98 Å². The Labute approximate surface area is 63.4 Å². The van der Waals surface area contributed by atoms with Crippen LogP contribution < -0.4 is 10.5 Å². The second kappa shape index (κ2) is 2.84. The van der Waals surface area contributed by atoms with E-state index in [-0.39, 0.29) is 17.4 Å². The Morgan fingerprint density at radius 3 is 3.00 bits per heavy atom. The van der Waals surface area contributed by atoms with Crippen molar-refractivity contribution >= 4 is 5.69 Å². The third-order valence-electron chi connectivity index (χ3n) is 1.08. The minimum Gasteiger partial charge on any atom is -0.467 e. The summed E-state index contributed by atoms with van der Waals surface area (Å²) in [5.74, 6) is 0. The highest BCUT2D eigenvalue weighted by Gasteiger charge is 2.01. The fourth-order valence-electron chi connectivity index (χ4n) is 0.563. The SMILES string of the molecule is COc1ncc(N)c(C#N)n1. The number of anilines is 1. The Hall–Kier alpha value is -1.83. The summed E-state index contributed by atoms with van der Waals surface area (Å²) in [7, 11) is 1.42. The number of aromatic nitrogens is 2. The fourth-order valence-corrected chi connectivity index (χ4v) is 0.563. The summed E-state index contributed by atoms with van der Waals surface area (Å²) >= 11 is 0. The van der Waals surface area contributed by atoms with Crippen molar-refractivity contribution < 1.29 is 4.74 Å². The summed E-state index contributed by atoms with van der Waals surface area (Å²) in [5.41, 5.74) is 5.75. The second-order valence-corrected chi connectivity index (χ2v) is 1.77. The minimum absolute atomic E-state index is 0.136. The summed E-state index contributed by atoms with van der Waals surface area (Å²) in [6.07, 6.45) is 1.34. The van der Waals surface area contributed by atoms with Gasteiger partial charge in [-0.3, -0.25) is 0 Å². The predicted molar refractivity (Wildman–Crippen MR) is 37.7 cm³/mol. The van der Waals surface area contributed by atoms with Crippen LogP contribution in [0.5, 0.6) is 6.01 Å². The van der Waals surface area contributed by atoms with Crippen LogP contribution in [0.3, 0.4) is 0 Å². The Morgan fingerprint density at radius 2 is 2.45 bits per heavy atom. The van der Waals surface area contributed by atoms with Crippen LogP contribution >= 0.6 is 0 Å². The van der Waals surface area contributed by atoms with Crippen LogP contribution in [-0.2, 0) is 0 Å². The number of hydrogen-bond acceptors (Lipinski definition) is 5. The first kappa shape index (κ1) is 7.28. The molecule has 1 heterocycles. The summed E-state index contributed by atoms with van der Waals surface area (Å²) in [6, 6.07) is 1.96. The van der Waals surface area contributed by atoms with Crippen molar-refractivity contribution in [1.29, 1.82) is 5.26 Å². The van der Waals surface area contributed by atoms with E-state index in [0.717, 1.165) is 0 Å². The molecule has 0 radical (unpaired) electrons. The van der Waals surface area contributed by atoms with Gasteiger partial charge in [-0.15, -0.1) is 0 Å². The Bertz CT molecular complexity index is 304. The predicted octanol–water partition coefficient (Wildman–Crippen LogP) is -0.0609. The lowest BCUT2D eigenvalue weighted by Gasteiger charge is -1.97. The van der Waals surface area contributed by atoms with Crippen molar-refractivity contribution in [2.24, 2.45) is 0 Å². The van der Waals surface area contributed by atoms with Crippen LogP contribution in [-0.4, -0.2) is 17.1 Å². The molecule has 56 valence electrons. The Balaban J connectivity index is 3.15. The topological polar surface area (TPSA) is 84.8 Å². The van der Waals surface area contributed by atoms with E-state index < -0.39 is 0 Å². The zero-order chi connectivity index (χ0) is 8.27. The van der Waals surface area contributed by atoms with Crippen LogP contribution in [0.2, 0.25) is 0 Å². The zero-order valence-electron chi connectivity index (χ0n) is 5.90. The van der Waals surface area contributed by atoms with Crippen molar-refractivity contribution in [2.75, 3.05) is 12.8 Å². The number of nitriles is 1. The molecule has 0 saturated carbocycles. The molecule has 0 aliphatic rings. The van der Waals surface area contributed by atoms with Gasteiger partial charge in [0.2, 0.25) is 0 Å². The van der Waals surface area contributed by atoms with Crippen molar-refractivity contribution in [3.63, 3.8) is 0 Å². The van der Waals surface area contributed by atoms with Crippen LogP contribution in [0.4, 0.5) is 5.69 Å². The van der Waals surface area contributed by atoms with Crippen LogP contribution in [0.25, 0.3) is 0 Å². The normalized spacial score (nSPS) is 8.73. The van der Waals surface area contributed by atoms with E-state index in [1.54, 1.807) is 0 Å². The van der Waals surface area contributed by atoms with Gasteiger partial charge < -0.3 is 10.5 Å². The maximum Gasteiger partial charge on any atom is 0.317 e. The van der Waals surface area contributed by atoms with Gasteiger partial charge in [-0.2, -0.15) is 10.2 Å². The summed E-state index contributed by atoms with van der Waals surface area (Å²) in [5, 5.41) is 8.46. The van der Waals surface area contributed by atoms with E-state index >= 15 is 0 Å². The lowest BCUT2D eigenvalue weighted by atomic mass is 10.4. The van der Waals surface area contributed by atoms with Crippen molar-refractivity contribution in [3.05, 3.63) is 11.9 Å². The van der Waals surface area contributed by atoms with E-state index in [2.05, 4.69) is 14.7 Å². The van der Waals surface area contributed by atoms with Gasteiger partial charge >= 0.3 is 6.01 Å². The molecule has 0 unspecified atom stereocenters. The number of nitrogens with two attached hydrogens (primary N) is 1. The van der Waals surface area contributed by atoms with Gasteiger partial charge in [0.15, 0.2) is 5.69 Å². The molecule has 5 nitrogen and oxygen atoms in total. The second-order valence-electron chi connectivity index (χ2n) is 1.77. The molecule has 0 aliphatic heterocycles. The number of ether oxygens (including phenoxy) is 1. The maximum atomic E-state index is 8.46. The average molecular weight is 150 g/mol. The smallest absolute Gasteiger partial charge is 0.317 e. The third-order valence-corrected chi connectivity index (χ3v) is 1.08. The number of nitrogen functional groups attached to an aromatic ring is 1. The zero-order valence-corrected chi connectivity index (χ0v) is 5.90. The highest BCUT2D eigenvalue weighted by molar-refractivity contribution is 5.47. The molecule has 1 aromatic heterocycles. The molecule has 5 heteroatoms. The molecule has 0 saturated heterocycles. The van der Waals surface area contributed by atoms with Crippen LogP contribution in [0.1, 0.15) is 5.69 Å². The highest BCUT2D eigenvalue weighted by Crippen LogP contribution is 2.08. The Morgan fingerprint density at radius 1 is 1.73 bits per heavy atom. The summed E-state index contributed by atoms with van der Waals surface area (Å²) in [4.78, 5) is 7.39. The first-order valence-electron chi connectivity index (χ1n) is 2.84. The lowest BCUT2D eigenvalue weighted by Crippen LogP contribution is -1.98. The van der Waals surface area contributed by atoms with Crippen LogP contribution in [0.15, 0.2) is 6.20 Å². The van der Waals surface area contributed by atoms with Gasteiger partial charge in [0.25, 0.3) is 0 Å². The lowest BCUT2D eigenvalue weighted by molar-refractivity contribution is 0.379. The van der Waals surface area contributed by atoms with Gasteiger partial charge in [-0.05, 0) is 0 Å². The van der Waals surface area contributed by atoms with Crippen LogP contribution in [0, 0.1) is 11.3 Å². The molecule has 2 N–H and O–H groups in total. The van der Waals surface area contributed by atoms with E-state index in [0.29, 0.717) is 0 Å². The molecule has 0 atom stereocenters. The largest absolute Gasteiger partial charge is 0.467 e. The van der Waals surface area contributed by atoms with E-state index in [9.17, 15) is 0 Å². The molecule has 0 bridgehead atoms. The van der Waals surface area contributed by atoms with Gasteiger partial charge in [0.05, 0.1) is 19.0 Å². The van der Waals surface area contributed by atoms with Gasteiger partial charge in [0, 0.05) is 0 Å². The highest BCUT2D eigenvalue weighted by atomic mass is 16.5. The van der Waals surface area contributed by atoms with Gasteiger partial charge in [0.1, 0.15) is 6.07 Å². The number of rotatable bonds is 1. The quantitative estimate of drug-likeness (QED) is 0.606. The molecule has 11 heavy (non-hydrogen) atoms. The molecule has 0 aromatic carbocycles. The summed E-state index contributed by atoms with van der Waals surface area (Å²) < 4.78 is 4.68. The molecule has 1 aromatic rings. The first-order valence-corrected chi connectivity index (χ1v) is 2.84. The molecule has 0 spiro atoms. The summed E-state index contributed by atoms with van der Waals surface area (Å²) in [6.45, 7) is 0. The number of methoxy groups -OCH3 is 1. The molecular formula is C6H6N4O. The molecule has 0 amide bonds. The average Bonchev–Trinajstić information content (AvgIpc) is 2.05. The first-order chi connectivity index (χ1) is 5.27. The van der Waals surface area contributed by atoms with Crippen molar-refractivity contribution in [2.45, 2.75) is 0 Å². The number of nitrogens with zero attached hydrogens (tertiary/aromatic N) is 3. The molecule has 1 rings (SSSR count). The third kappa shape index (κ3) is 1.35.